The first-order valence-corrected chi connectivity index (χ1v) is 9.01. The normalized spacial score (nSPS) is 16.0. The van der Waals surface area contributed by atoms with E-state index in [-0.39, 0.29) is 0 Å². The van der Waals surface area contributed by atoms with E-state index in [0.29, 0.717) is 17.8 Å². The second-order valence-electron chi connectivity index (χ2n) is 6.28. The molecular weight excluding hydrogens is 378 g/mol. The zero-order valence-electron chi connectivity index (χ0n) is 14.1. The summed E-state index contributed by atoms with van der Waals surface area (Å²) in [4.78, 5) is 6.85. The topological polar surface area (TPSA) is 53.9 Å². The van der Waals surface area contributed by atoms with Gasteiger partial charge in [0.2, 0.25) is 0 Å². The summed E-state index contributed by atoms with van der Waals surface area (Å²) < 4.78 is 1.06. The van der Waals surface area contributed by atoms with Crippen LogP contribution < -0.4 is 10.2 Å². The smallest absolute Gasteiger partial charge is 0.252 e. The van der Waals surface area contributed by atoms with Crippen LogP contribution in [0.1, 0.15) is 18.1 Å². The minimum absolute atomic E-state index is 0.309. The first-order chi connectivity index (χ1) is 12.1. The van der Waals surface area contributed by atoms with E-state index in [9.17, 15) is 0 Å². The Hall–Kier alpha value is -2.47. The minimum atomic E-state index is 0.309. The molecule has 1 aliphatic heterocycles. The molecule has 6 heteroatoms. The number of fused-ring (bicyclic) bond motifs is 1. The van der Waals surface area contributed by atoms with Crippen molar-refractivity contribution >= 4 is 39.1 Å². The zero-order chi connectivity index (χ0) is 17.4. The first-order valence-electron chi connectivity index (χ1n) is 8.22. The van der Waals surface area contributed by atoms with Gasteiger partial charge in [-0.15, -0.1) is 5.10 Å². The molecule has 0 saturated heterocycles. The molecule has 0 amide bonds. The van der Waals surface area contributed by atoms with E-state index in [0.717, 1.165) is 27.8 Å². The van der Waals surface area contributed by atoms with Gasteiger partial charge in [-0.3, -0.25) is 0 Å². The highest BCUT2D eigenvalue weighted by atomic mass is 79.9. The first kappa shape index (κ1) is 16.0. The van der Waals surface area contributed by atoms with Crippen LogP contribution in [-0.4, -0.2) is 21.2 Å². The summed E-state index contributed by atoms with van der Waals surface area (Å²) in [6.07, 6.45) is 2.64. The number of hydrogen-bond acceptors (Lipinski definition) is 5. The monoisotopic (exact) mass is 395 g/mol. The van der Waals surface area contributed by atoms with Gasteiger partial charge in [0.25, 0.3) is 5.95 Å². The molecule has 1 unspecified atom stereocenters. The van der Waals surface area contributed by atoms with Gasteiger partial charge >= 0.3 is 0 Å². The fourth-order valence-electron chi connectivity index (χ4n) is 3.23. The third-order valence-corrected chi connectivity index (χ3v) is 4.91. The van der Waals surface area contributed by atoms with Gasteiger partial charge in [-0.05, 0) is 55.7 Å². The number of anilines is 4. The summed E-state index contributed by atoms with van der Waals surface area (Å²) in [5, 5.41) is 11.8. The number of halogens is 1. The highest BCUT2D eigenvalue weighted by Gasteiger charge is 2.29. The lowest BCUT2D eigenvalue weighted by Crippen LogP contribution is -2.26. The standard InChI is InChI=1S/C19H18BrN5/c1-12-9-15(20)7-8-16(12)22-18-11-21-24-19(23-18)25-13(2)10-14-5-3-4-6-17(14)25/h3-9,11,13H,10H2,1-2H3,(H,22,23,24). The van der Waals surface area contributed by atoms with Gasteiger partial charge in [-0.1, -0.05) is 34.1 Å². The molecule has 0 radical (unpaired) electrons. The summed E-state index contributed by atoms with van der Waals surface area (Å²) >= 11 is 3.49. The number of rotatable bonds is 3. The molecule has 0 saturated carbocycles. The van der Waals surface area contributed by atoms with E-state index >= 15 is 0 Å². The van der Waals surface area contributed by atoms with Gasteiger partial charge in [0.1, 0.15) is 0 Å². The molecule has 126 valence electrons. The molecule has 2 heterocycles. The maximum atomic E-state index is 4.69. The van der Waals surface area contributed by atoms with Crippen LogP contribution in [0.2, 0.25) is 0 Å². The van der Waals surface area contributed by atoms with Crippen LogP contribution in [-0.2, 0) is 6.42 Å². The van der Waals surface area contributed by atoms with Crippen molar-refractivity contribution in [3.05, 3.63) is 64.3 Å². The number of para-hydroxylation sites is 1. The van der Waals surface area contributed by atoms with E-state index in [4.69, 9.17) is 4.98 Å². The predicted octanol–water partition coefficient (Wildman–Crippen LogP) is 4.77. The van der Waals surface area contributed by atoms with Crippen LogP contribution in [0.15, 0.2) is 53.1 Å². The number of aryl methyl sites for hydroxylation is 1. The molecule has 3 aromatic rings. The van der Waals surface area contributed by atoms with Crippen LogP contribution in [0.3, 0.4) is 0 Å². The maximum absolute atomic E-state index is 4.69. The molecule has 5 nitrogen and oxygen atoms in total. The van der Waals surface area contributed by atoms with Gasteiger partial charge in [-0.25, -0.2) is 0 Å². The van der Waals surface area contributed by atoms with Crippen molar-refractivity contribution in [2.75, 3.05) is 10.2 Å². The van der Waals surface area contributed by atoms with Crippen LogP contribution >= 0.6 is 15.9 Å². The van der Waals surface area contributed by atoms with Gasteiger partial charge in [0.05, 0.1) is 6.20 Å². The van der Waals surface area contributed by atoms with Crippen molar-refractivity contribution in [3.63, 3.8) is 0 Å². The van der Waals surface area contributed by atoms with E-state index in [1.807, 2.05) is 18.2 Å². The lowest BCUT2D eigenvalue weighted by molar-refractivity contribution is 0.730. The lowest BCUT2D eigenvalue weighted by atomic mass is 10.1. The molecule has 1 atom stereocenters. The Morgan fingerprint density at radius 2 is 2.04 bits per heavy atom. The van der Waals surface area contributed by atoms with Crippen molar-refractivity contribution in [2.45, 2.75) is 26.3 Å². The summed E-state index contributed by atoms with van der Waals surface area (Å²) in [6.45, 7) is 4.24. The molecular formula is C19H18BrN5. The molecule has 0 fully saturated rings. The number of benzene rings is 2. The van der Waals surface area contributed by atoms with Crippen LogP contribution in [0.5, 0.6) is 0 Å². The Morgan fingerprint density at radius 1 is 1.20 bits per heavy atom. The van der Waals surface area contributed by atoms with Crippen molar-refractivity contribution in [1.29, 1.82) is 0 Å². The Bertz CT molecular complexity index is 927. The third-order valence-electron chi connectivity index (χ3n) is 4.42. The second kappa shape index (κ2) is 6.44. The maximum Gasteiger partial charge on any atom is 0.252 e. The van der Waals surface area contributed by atoms with Crippen LogP contribution in [0.25, 0.3) is 0 Å². The van der Waals surface area contributed by atoms with Crippen LogP contribution in [0.4, 0.5) is 23.1 Å². The van der Waals surface area contributed by atoms with Crippen molar-refractivity contribution in [2.24, 2.45) is 0 Å². The summed E-state index contributed by atoms with van der Waals surface area (Å²) in [5.74, 6) is 1.31. The molecule has 0 spiro atoms. The van der Waals surface area contributed by atoms with E-state index < -0.39 is 0 Å². The molecule has 2 aromatic carbocycles. The number of nitrogens with one attached hydrogen (secondary N) is 1. The summed E-state index contributed by atoms with van der Waals surface area (Å²) in [7, 11) is 0. The Balaban J connectivity index is 1.66. The molecule has 1 aliphatic rings. The SMILES string of the molecule is Cc1cc(Br)ccc1Nc1cnnc(N2c3ccccc3CC2C)n1. The van der Waals surface area contributed by atoms with Gasteiger partial charge in [-0.2, -0.15) is 10.1 Å². The van der Waals surface area contributed by atoms with Gasteiger partial charge in [0, 0.05) is 21.9 Å². The largest absolute Gasteiger partial charge is 0.339 e. The summed E-state index contributed by atoms with van der Waals surface area (Å²) in [6, 6.07) is 14.8. The predicted molar refractivity (Wildman–Crippen MR) is 104 cm³/mol. The van der Waals surface area contributed by atoms with Crippen LogP contribution in [0, 0.1) is 6.92 Å². The summed E-state index contributed by atoms with van der Waals surface area (Å²) in [5.41, 5.74) is 4.62. The Morgan fingerprint density at radius 3 is 2.88 bits per heavy atom. The van der Waals surface area contributed by atoms with Crippen molar-refractivity contribution < 1.29 is 0 Å². The number of aromatic nitrogens is 3. The Kier molecular flexibility index (Phi) is 4.13. The second-order valence-corrected chi connectivity index (χ2v) is 7.19. The quantitative estimate of drug-likeness (QED) is 0.691. The molecule has 0 bridgehead atoms. The Labute approximate surface area is 155 Å². The molecule has 0 aliphatic carbocycles. The average molecular weight is 396 g/mol. The molecule has 25 heavy (non-hydrogen) atoms. The van der Waals surface area contributed by atoms with Gasteiger partial charge in [0.15, 0.2) is 5.82 Å². The fraction of sp³-hybridized carbons (Fsp3) is 0.211. The number of nitrogens with zero attached hydrogens (tertiary/aromatic N) is 4. The van der Waals surface area contributed by atoms with E-state index in [1.54, 1.807) is 6.20 Å². The zero-order valence-corrected chi connectivity index (χ0v) is 15.7. The van der Waals surface area contributed by atoms with Crippen molar-refractivity contribution in [1.82, 2.24) is 15.2 Å². The number of hydrogen-bond donors (Lipinski definition) is 1. The average Bonchev–Trinajstić information content (AvgIpc) is 2.93. The third kappa shape index (κ3) is 3.09. The van der Waals surface area contributed by atoms with E-state index in [1.165, 1.54) is 5.56 Å². The van der Waals surface area contributed by atoms with Gasteiger partial charge < -0.3 is 10.2 Å². The van der Waals surface area contributed by atoms with Crippen molar-refractivity contribution in [3.8, 4) is 0 Å². The molecule has 1 N–H and O–H groups in total. The van der Waals surface area contributed by atoms with E-state index in [2.05, 4.69) is 74.5 Å². The minimum Gasteiger partial charge on any atom is -0.339 e. The molecule has 4 rings (SSSR count). The molecule has 1 aromatic heterocycles. The lowest BCUT2D eigenvalue weighted by Gasteiger charge is -2.22. The highest BCUT2D eigenvalue weighted by Crippen LogP contribution is 2.36. The fourth-order valence-corrected chi connectivity index (χ4v) is 3.71. The highest BCUT2D eigenvalue weighted by molar-refractivity contribution is 9.10.